The van der Waals surface area contributed by atoms with Gasteiger partial charge in [-0.2, -0.15) is 0 Å². The van der Waals surface area contributed by atoms with Crippen LogP contribution in [0.2, 0.25) is 0 Å². The first-order valence-electron chi connectivity index (χ1n) is 6.08. The van der Waals surface area contributed by atoms with Crippen molar-refractivity contribution < 1.29 is 8.42 Å². The summed E-state index contributed by atoms with van der Waals surface area (Å²) < 4.78 is 25.3. The molecular formula is C12H13ClN4O2S. The number of anilines is 1. The Labute approximate surface area is 121 Å². The number of hydrogen-bond acceptors (Lipinski definition) is 4. The first-order valence-corrected chi connectivity index (χ1v) is 7.94. The van der Waals surface area contributed by atoms with Crippen LogP contribution in [0.15, 0.2) is 35.6 Å². The Kier molecular flexibility index (Phi) is 3.41. The highest BCUT2D eigenvalue weighted by atomic mass is 35.5. The largest absolute Gasteiger partial charge is 0.365 e. The van der Waals surface area contributed by atoms with Gasteiger partial charge in [-0.05, 0) is 35.9 Å². The van der Waals surface area contributed by atoms with Crippen LogP contribution in [0, 0.1) is 0 Å². The van der Waals surface area contributed by atoms with Gasteiger partial charge in [0.1, 0.15) is 0 Å². The average molecular weight is 313 g/mol. The van der Waals surface area contributed by atoms with Crippen molar-refractivity contribution >= 4 is 27.5 Å². The molecule has 2 N–H and O–H groups in total. The number of aromatic nitrogens is 2. The Morgan fingerprint density at radius 2 is 2.30 bits per heavy atom. The van der Waals surface area contributed by atoms with E-state index in [1.165, 1.54) is 0 Å². The van der Waals surface area contributed by atoms with Crippen LogP contribution in [0.4, 0.5) is 5.69 Å². The molecule has 6 nitrogen and oxygen atoms in total. The minimum absolute atomic E-state index is 0.167. The minimum Gasteiger partial charge on any atom is -0.365 e. The fourth-order valence-electron chi connectivity index (χ4n) is 2.37. The molecule has 1 aliphatic heterocycles. The molecule has 0 spiro atoms. The van der Waals surface area contributed by atoms with Crippen molar-refractivity contribution in [2.24, 2.45) is 0 Å². The van der Waals surface area contributed by atoms with Crippen LogP contribution in [0.25, 0.3) is 0 Å². The third-order valence-electron chi connectivity index (χ3n) is 3.37. The molecule has 0 amide bonds. The topological polar surface area (TPSA) is 78.1 Å². The molecule has 20 heavy (non-hydrogen) atoms. The molecule has 8 heteroatoms. The number of fused-ring (bicyclic) bond motifs is 1. The van der Waals surface area contributed by atoms with Crippen LogP contribution >= 0.6 is 11.8 Å². The van der Waals surface area contributed by atoms with Gasteiger partial charge < -0.3 is 9.88 Å². The van der Waals surface area contributed by atoms with Gasteiger partial charge in [0.25, 0.3) is 10.0 Å². The highest BCUT2D eigenvalue weighted by molar-refractivity contribution is 7.90. The lowest BCUT2D eigenvalue weighted by atomic mass is 10.2. The van der Waals surface area contributed by atoms with Crippen LogP contribution in [-0.2, 0) is 23.0 Å². The van der Waals surface area contributed by atoms with Gasteiger partial charge in [-0.25, -0.2) is 13.4 Å². The summed E-state index contributed by atoms with van der Waals surface area (Å²) in [6, 6.07) is 5.06. The molecule has 3 rings (SSSR count). The Hall–Kier alpha value is -1.57. The van der Waals surface area contributed by atoms with Crippen molar-refractivity contribution in [3.05, 3.63) is 42.0 Å². The van der Waals surface area contributed by atoms with Crippen molar-refractivity contribution in [3.63, 3.8) is 0 Å². The zero-order valence-corrected chi connectivity index (χ0v) is 12.1. The summed E-state index contributed by atoms with van der Waals surface area (Å²) in [4.78, 5) is 9.38. The van der Waals surface area contributed by atoms with Gasteiger partial charge >= 0.3 is 0 Å². The van der Waals surface area contributed by atoms with Gasteiger partial charge in [-0.1, -0.05) is 6.07 Å². The van der Waals surface area contributed by atoms with E-state index in [1.54, 1.807) is 18.5 Å². The quantitative estimate of drug-likeness (QED) is 0.837. The van der Waals surface area contributed by atoms with E-state index in [2.05, 4.69) is 14.9 Å². The van der Waals surface area contributed by atoms with E-state index >= 15 is 0 Å². The second kappa shape index (κ2) is 5.08. The van der Waals surface area contributed by atoms with E-state index in [0.29, 0.717) is 6.54 Å². The van der Waals surface area contributed by atoms with Gasteiger partial charge in [0.15, 0.2) is 0 Å². The van der Waals surface area contributed by atoms with E-state index < -0.39 is 10.0 Å². The lowest BCUT2D eigenvalue weighted by molar-refractivity contribution is 0.594. The van der Waals surface area contributed by atoms with Crippen LogP contribution in [0.3, 0.4) is 0 Å². The Morgan fingerprint density at radius 3 is 3.00 bits per heavy atom. The number of rotatable bonds is 4. The van der Waals surface area contributed by atoms with E-state index in [4.69, 9.17) is 11.8 Å². The molecule has 0 unspecified atom stereocenters. The van der Waals surface area contributed by atoms with E-state index in [1.807, 2.05) is 16.5 Å². The Bertz CT molecular complexity index is 715. The number of benzene rings is 1. The van der Waals surface area contributed by atoms with E-state index in [-0.39, 0.29) is 4.90 Å². The van der Waals surface area contributed by atoms with Crippen LogP contribution in [0.5, 0.6) is 0 Å². The number of H-pyrrole nitrogens is 1. The number of hydrogen-bond donors (Lipinski definition) is 2. The number of nitrogens with one attached hydrogen (secondary N) is 2. The fraction of sp³-hybridized carbons (Fsp3) is 0.250. The summed E-state index contributed by atoms with van der Waals surface area (Å²) in [6.45, 7) is 1.49. The lowest BCUT2D eigenvalue weighted by Gasteiger charge is -2.18. The molecule has 0 radical (unpaired) electrons. The summed E-state index contributed by atoms with van der Waals surface area (Å²) >= 11 is 5.26. The van der Waals surface area contributed by atoms with Crippen molar-refractivity contribution in [1.82, 2.24) is 14.2 Å². The summed E-state index contributed by atoms with van der Waals surface area (Å²) in [5.41, 5.74) is 2.97. The maximum Gasteiger partial charge on any atom is 0.253 e. The van der Waals surface area contributed by atoms with Gasteiger partial charge in [0, 0.05) is 18.4 Å². The molecule has 0 saturated heterocycles. The molecule has 0 saturated carbocycles. The fourth-order valence-corrected chi connectivity index (χ4v) is 3.24. The molecule has 1 aromatic carbocycles. The molecule has 0 bridgehead atoms. The van der Waals surface area contributed by atoms with Crippen LogP contribution < -0.4 is 9.14 Å². The summed E-state index contributed by atoms with van der Waals surface area (Å²) in [6.07, 6.45) is 4.36. The smallest absolute Gasteiger partial charge is 0.253 e. The minimum atomic E-state index is -3.64. The maximum absolute atomic E-state index is 11.7. The second-order valence-electron chi connectivity index (χ2n) is 4.60. The molecule has 0 atom stereocenters. The number of nitrogens with zero attached hydrogens (tertiary/aromatic N) is 2. The number of sulfonamides is 1. The number of halogens is 1. The number of imidazole rings is 1. The standard InChI is InChI=1S/C12H13ClN4O2S/c13-16-20(18,19)11-2-1-9-3-4-17(12(9)5-11)7-10-6-14-8-15-10/h1-2,5-6,8,16H,3-4,7H2,(H,14,15). The van der Waals surface area contributed by atoms with E-state index in [9.17, 15) is 8.42 Å². The second-order valence-corrected chi connectivity index (χ2v) is 6.70. The Balaban J connectivity index is 1.93. The average Bonchev–Trinajstić information content (AvgIpc) is 3.09. The normalized spacial score (nSPS) is 14.6. The predicted octanol–water partition coefficient (Wildman–Crippen LogP) is 1.40. The molecule has 2 aromatic rings. The monoisotopic (exact) mass is 312 g/mol. The molecule has 0 fully saturated rings. The van der Waals surface area contributed by atoms with Gasteiger partial charge in [-0.15, -0.1) is 4.24 Å². The van der Waals surface area contributed by atoms with Crippen LogP contribution in [0.1, 0.15) is 11.3 Å². The zero-order valence-electron chi connectivity index (χ0n) is 10.5. The lowest BCUT2D eigenvalue weighted by Crippen LogP contribution is -2.20. The van der Waals surface area contributed by atoms with Gasteiger partial charge in [-0.3, -0.25) is 0 Å². The zero-order chi connectivity index (χ0) is 14.2. The molecule has 106 valence electrons. The first-order chi connectivity index (χ1) is 9.60. The van der Waals surface area contributed by atoms with Gasteiger partial charge in [0.05, 0.1) is 23.5 Å². The highest BCUT2D eigenvalue weighted by Gasteiger charge is 2.23. The SMILES string of the molecule is O=S(=O)(NCl)c1ccc2c(c1)N(Cc1c[nH]cn1)CC2. The summed E-state index contributed by atoms with van der Waals surface area (Å²) in [7, 11) is -3.64. The third kappa shape index (κ3) is 2.39. The van der Waals surface area contributed by atoms with Gasteiger partial charge in [0.2, 0.25) is 0 Å². The first kappa shape index (κ1) is 13.4. The van der Waals surface area contributed by atoms with Crippen molar-refractivity contribution in [1.29, 1.82) is 0 Å². The summed E-state index contributed by atoms with van der Waals surface area (Å²) in [5.74, 6) is 0. The van der Waals surface area contributed by atoms with Crippen molar-refractivity contribution in [3.8, 4) is 0 Å². The molecule has 2 heterocycles. The third-order valence-corrected chi connectivity index (χ3v) is 5.06. The molecule has 1 aromatic heterocycles. The number of aromatic amines is 1. The maximum atomic E-state index is 11.7. The summed E-state index contributed by atoms with van der Waals surface area (Å²) in [5, 5.41) is 0. The predicted molar refractivity (Wildman–Crippen MR) is 76.0 cm³/mol. The highest BCUT2D eigenvalue weighted by Crippen LogP contribution is 2.31. The van der Waals surface area contributed by atoms with Crippen LogP contribution in [-0.4, -0.2) is 24.9 Å². The molecular weight excluding hydrogens is 300 g/mol. The van der Waals surface area contributed by atoms with Crippen molar-refractivity contribution in [2.75, 3.05) is 11.4 Å². The van der Waals surface area contributed by atoms with Crippen molar-refractivity contribution in [2.45, 2.75) is 17.9 Å². The van der Waals surface area contributed by atoms with E-state index in [0.717, 1.165) is 29.9 Å². The Morgan fingerprint density at radius 1 is 1.45 bits per heavy atom. The molecule has 0 aliphatic carbocycles. The molecule has 1 aliphatic rings.